The lowest BCUT2D eigenvalue weighted by Crippen LogP contribution is -1.89. The summed E-state index contributed by atoms with van der Waals surface area (Å²) in [6.45, 7) is 0. The first-order chi connectivity index (χ1) is 6.88. The molecule has 0 unspecified atom stereocenters. The molecule has 0 atom stereocenters. The highest BCUT2D eigenvalue weighted by molar-refractivity contribution is 9.10. The summed E-state index contributed by atoms with van der Waals surface area (Å²) in [6.07, 6.45) is 0. The van der Waals surface area contributed by atoms with Gasteiger partial charge >= 0.3 is 0 Å². The Morgan fingerprint density at radius 2 is 1.43 bits per heavy atom. The quantitative estimate of drug-likeness (QED) is 0.616. The summed E-state index contributed by atoms with van der Waals surface area (Å²) in [7, 11) is 0. The number of hydrogen-bond acceptors (Lipinski definition) is 0. The number of halogens is 1. The number of alkyl halides is 1. The molecule has 2 aliphatic carbocycles. The molecule has 0 bridgehead atoms. The topological polar surface area (TPSA) is 0 Å². The standard InChI is InChI=1S/C13H7Br/c14-13-11-8-5-1-3-7-4-2-6-9(10(7)8)12(11)13/h1-6,13H. The fraction of sp³-hybridized carbons (Fsp3) is 0.0769. The van der Waals surface area contributed by atoms with E-state index in [1.807, 2.05) is 0 Å². The molecule has 4 rings (SSSR count). The van der Waals surface area contributed by atoms with Gasteiger partial charge in [-0.3, -0.25) is 0 Å². The maximum absolute atomic E-state index is 3.69. The third-order valence-electron chi connectivity index (χ3n) is 3.20. The molecule has 66 valence electrons. The predicted molar refractivity (Wildman–Crippen MR) is 63.5 cm³/mol. The summed E-state index contributed by atoms with van der Waals surface area (Å²) >= 11 is 3.69. The lowest BCUT2D eigenvalue weighted by Gasteiger charge is -2.07. The third kappa shape index (κ3) is 0.642. The normalized spacial score (nSPS) is 17.8. The fourth-order valence-electron chi connectivity index (χ4n) is 2.55. The van der Waals surface area contributed by atoms with Crippen molar-refractivity contribution in [3.05, 3.63) is 47.5 Å². The molecule has 0 radical (unpaired) electrons. The first-order valence-corrected chi connectivity index (χ1v) is 5.70. The molecule has 0 fully saturated rings. The van der Waals surface area contributed by atoms with Gasteiger partial charge in [0.05, 0.1) is 4.83 Å². The van der Waals surface area contributed by atoms with Crippen LogP contribution < -0.4 is 0 Å². The molecular weight excluding hydrogens is 236 g/mol. The molecular formula is C13H7Br. The van der Waals surface area contributed by atoms with Crippen LogP contribution in [-0.4, -0.2) is 4.83 Å². The number of fused-ring (bicyclic) bond motifs is 2. The second kappa shape index (κ2) is 2.12. The van der Waals surface area contributed by atoms with Crippen LogP contribution in [0.1, 0.15) is 11.1 Å². The molecule has 0 amide bonds. The fourth-order valence-corrected chi connectivity index (χ4v) is 3.40. The Kier molecular flexibility index (Phi) is 1.09. The van der Waals surface area contributed by atoms with Gasteiger partial charge in [-0.25, -0.2) is 0 Å². The molecule has 0 aromatic heterocycles. The van der Waals surface area contributed by atoms with E-state index >= 15 is 0 Å². The van der Waals surface area contributed by atoms with E-state index in [0.717, 1.165) is 0 Å². The summed E-state index contributed by atoms with van der Waals surface area (Å²) in [6, 6.07) is 13.1. The Hall–Kier alpha value is -1.08. The highest BCUT2D eigenvalue weighted by atomic mass is 79.9. The Balaban J connectivity index is 2.24. The molecule has 0 saturated heterocycles. The SMILES string of the molecule is BrC1C2=C1c1cccc3cccc2c13. The van der Waals surface area contributed by atoms with Gasteiger partial charge < -0.3 is 0 Å². The van der Waals surface area contributed by atoms with Gasteiger partial charge in [0.2, 0.25) is 0 Å². The van der Waals surface area contributed by atoms with Crippen molar-refractivity contribution in [2.24, 2.45) is 0 Å². The van der Waals surface area contributed by atoms with Crippen LogP contribution >= 0.6 is 15.9 Å². The van der Waals surface area contributed by atoms with Crippen LogP contribution in [0.3, 0.4) is 0 Å². The van der Waals surface area contributed by atoms with Crippen LogP contribution in [0.25, 0.3) is 21.9 Å². The van der Waals surface area contributed by atoms with E-state index in [2.05, 4.69) is 52.3 Å². The predicted octanol–water partition coefficient (Wildman–Crippen LogP) is 3.84. The van der Waals surface area contributed by atoms with Crippen molar-refractivity contribution in [2.45, 2.75) is 4.83 Å². The zero-order valence-electron chi connectivity index (χ0n) is 7.42. The third-order valence-corrected chi connectivity index (χ3v) is 4.11. The van der Waals surface area contributed by atoms with E-state index < -0.39 is 0 Å². The lowest BCUT2D eigenvalue weighted by atomic mass is 9.99. The van der Waals surface area contributed by atoms with Crippen molar-refractivity contribution in [1.29, 1.82) is 0 Å². The van der Waals surface area contributed by atoms with E-state index in [4.69, 9.17) is 0 Å². The number of rotatable bonds is 0. The lowest BCUT2D eigenvalue weighted by molar-refractivity contribution is 1.59. The monoisotopic (exact) mass is 242 g/mol. The van der Waals surface area contributed by atoms with Crippen molar-refractivity contribution in [3.8, 4) is 0 Å². The van der Waals surface area contributed by atoms with Gasteiger partial charge in [0.25, 0.3) is 0 Å². The van der Waals surface area contributed by atoms with E-state index in [0.29, 0.717) is 4.83 Å². The highest BCUT2D eigenvalue weighted by Gasteiger charge is 2.42. The summed E-state index contributed by atoms with van der Waals surface area (Å²) in [5, 5.41) is 2.82. The Bertz CT molecular complexity index is 559. The molecule has 0 aliphatic heterocycles. The van der Waals surface area contributed by atoms with Crippen molar-refractivity contribution in [1.82, 2.24) is 0 Å². The van der Waals surface area contributed by atoms with Gasteiger partial charge in [-0.1, -0.05) is 52.3 Å². The molecule has 0 N–H and O–H groups in total. The first-order valence-electron chi connectivity index (χ1n) is 4.78. The van der Waals surface area contributed by atoms with Crippen LogP contribution in [0.15, 0.2) is 36.4 Å². The average molecular weight is 243 g/mol. The van der Waals surface area contributed by atoms with Gasteiger partial charge in [-0.15, -0.1) is 0 Å². The zero-order chi connectivity index (χ0) is 9.28. The van der Waals surface area contributed by atoms with Gasteiger partial charge in [-0.05, 0) is 33.0 Å². The number of hydrogen-bond donors (Lipinski definition) is 0. The van der Waals surface area contributed by atoms with Crippen molar-refractivity contribution >= 4 is 37.8 Å². The molecule has 0 heterocycles. The molecule has 1 heteroatoms. The van der Waals surface area contributed by atoms with E-state index in [1.165, 1.54) is 33.0 Å². The minimum Gasteiger partial charge on any atom is -0.0786 e. The smallest absolute Gasteiger partial charge is 0.0663 e. The Labute approximate surface area is 90.4 Å². The van der Waals surface area contributed by atoms with Crippen molar-refractivity contribution < 1.29 is 0 Å². The summed E-state index contributed by atoms with van der Waals surface area (Å²) < 4.78 is 0. The molecule has 2 aromatic rings. The molecule has 0 spiro atoms. The Morgan fingerprint density at radius 1 is 0.857 bits per heavy atom. The van der Waals surface area contributed by atoms with Crippen LogP contribution in [0.2, 0.25) is 0 Å². The summed E-state index contributed by atoms with van der Waals surface area (Å²) in [4.78, 5) is 0.531. The van der Waals surface area contributed by atoms with E-state index in [9.17, 15) is 0 Å². The van der Waals surface area contributed by atoms with Gasteiger partial charge in [-0.2, -0.15) is 0 Å². The average Bonchev–Trinajstić information content (AvgIpc) is 2.74. The molecule has 0 saturated carbocycles. The maximum Gasteiger partial charge on any atom is 0.0663 e. The minimum absolute atomic E-state index is 0.531. The highest BCUT2D eigenvalue weighted by Crippen LogP contribution is 2.59. The van der Waals surface area contributed by atoms with Crippen LogP contribution in [0.5, 0.6) is 0 Å². The molecule has 2 aliphatic rings. The minimum atomic E-state index is 0.531. The van der Waals surface area contributed by atoms with Crippen molar-refractivity contribution in [3.63, 3.8) is 0 Å². The second-order valence-corrected chi connectivity index (χ2v) is 4.81. The largest absolute Gasteiger partial charge is 0.0786 e. The van der Waals surface area contributed by atoms with Gasteiger partial charge in [0, 0.05) is 0 Å². The van der Waals surface area contributed by atoms with Crippen LogP contribution in [-0.2, 0) is 0 Å². The van der Waals surface area contributed by atoms with Crippen LogP contribution in [0, 0.1) is 0 Å². The second-order valence-electron chi connectivity index (χ2n) is 3.90. The molecule has 2 aromatic carbocycles. The van der Waals surface area contributed by atoms with Gasteiger partial charge in [0.15, 0.2) is 0 Å². The van der Waals surface area contributed by atoms with Crippen molar-refractivity contribution in [2.75, 3.05) is 0 Å². The first kappa shape index (κ1) is 7.24. The molecule has 14 heavy (non-hydrogen) atoms. The summed E-state index contributed by atoms with van der Waals surface area (Å²) in [5.74, 6) is 0. The van der Waals surface area contributed by atoms with Crippen LogP contribution in [0.4, 0.5) is 0 Å². The summed E-state index contributed by atoms with van der Waals surface area (Å²) in [5.41, 5.74) is 5.90. The zero-order valence-corrected chi connectivity index (χ0v) is 9.01. The maximum atomic E-state index is 3.69. The molecule has 0 nitrogen and oxygen atoms in total. The van der Waals surface area contributed by atoms with E-state index in [-0.39, 0.29) is 0 Å². The van der Waals surface area contributed by atoms with Gasteiger partial charge in [0.1, 0.15) is 0 Å². The Morgan fingerprint density at radius 3 is 2.00 bits per heavy atom. The number of benzene rings is 2. The number of allylic oxidation sites excluding steroid dienone is 2. The van der Waals surface area contributed by atoms with E-state index in [1.54, 1.807) is 0 Å².